The summed E-state index contributed by atoms with van der Waals surface area (Å²) in [7, 11) is 3.63. The van der Waals surface area contributed by atoms with Crippen LogP contribution in [-0.2, 0) is 4.74 Å². The zero-order chi connectivity index (χ0) is 12.0. The lowest BCUT2D eigenvalue weighted by Crippen LogP contribution is -2.22. The van der Waals surface area contributed by atoms with Crippen LogP contribution in [0.25, 0.3) is 0 Å². The third-order valence-electron chi connectivity index (χ3n) is 2.60. The van der Waals surface area contributed by atoms with E-state index in [1.807, 2.05) is 20.0 Å². The van der Waals surface area contributed by atoms with Gasteiger partial charge in [-0.1, -0.05) is 17.7 Å². The molecule has 0 saturated carbocycles. The molecule has 90 valence electrons. The first-order valence-corrected chi connectivity index (χ1v) is 5.62. The number of hydrogen-bond acceptors (Lipinski definition) is 3. The largest absolute Gasteiger partial charge is 0.496 e. The van der Waals surface area contributed by atoms with Crippen molar-refractivity contribution in [3.8, 4) is 5.75 Å². The van der Waals surface area contributed by atoms with E-state index < -0.39 is 0 Å². The Hall–Kier alpha value is -1.06. The Morgan fingerprint density at radius 2 is 2.12 bits per heavy atom. The first-order chi connectivity index (χ1) is 7.72. The summed E-state index contributed by atoms with van der Waals surface area (Å²) in [4.78, 5) is 0. The van der Waals surface area contributed by atoms with E-state index in [4.69, 9.17) is 9.47 Å². The SMILES string of the molecule is CCOCC(NC)c1cc(C)ccc1OC. The van der Waals surface area contributed by atoms with E-state index in [0.29, 0.717) is 6.61 Å². The van der Waals surface area contributed by atoms with Crippen molar-refractivity contribution in [3.63, 3.8) is 0 Å². The molecular weight excluding hydrogens is 202 g/mol. The highest BCUT2D eigenvalue weighted by atomic mass is 16.5. The second kappa shape index (κ2) is 6.51. The van der Waals surface area contributed by atoms with Crippen LogP contribution < -0.4 is 10.1 Å². The molecule has 0 aromatic heterocycles. The minimum Gasteiger partial charge on any atom is -0.496 e. The third kappa shape index (κ3) is 3.22. The molecule has 1 aromatic carbocycles. The van der Waals surface area contributed by atoms with Crippen molar-refractivity contribution in [2.45, 2.75) is 19.9 Å². The van der Waals surface area contributed by atoms with E-state index in [2.05, 4.69) is 24.4 Å². The normalized spacial score (nSPS) is 12.5. The maximum Gasteiger partial charge on any atom is 0.123 e. The lowest BCUT2D eigenvalue weighted by atomic mass is 10.0. The van der Waals surface area contributed by atoms with Gasteiger partial charge in [-0.25, -0.2) is 0 Å². The summed E-state index contributed by atoms with van der Waals surface area (Å²) in [5.41, 5.74) is 2.38. The molecule has 0 heterocycles. The van der Waals surface area contributed by atoms with E-state index in [9.17, 15) is 0 Å². The van der Waals surface area contributed by atoms with Crippen LogP contribution in [0, 0.1) is 6.92 Å². The Bertz CT molecular complexity index is 326. The average molecular weight is 223 g/mol. The fourth-order valence-electron chi connectivity index (χ4n) is 1.69. The van der Waals surface area contributed by atoms with Gasteiger partial charge in [0.1, 0.15) is 5.75 Å². The van der Waals surface area contributed by atoms with Gasteiger partial charge < -0.3 is 14.8 Å². The quantitative estimate of drug-likeness (QED) is 0.802. The molecule has 0 radical (unpaired) electrons. The fraction of sp³-hybridized carbons (Fsp3) is 0.538. The summed E-state index contributed by atoms with van der Waals surface area (Å²) in [5, 5.41) is 3.25. The molecule has 1 rings (SSSR count). The number of aryl methyl sites for hydroxylation is 1. The molecule has 3 nitrogen and oxygen atoms in total. The van der Waals surface area contributed by atoms with Crippen molar-refractivity contribution in [1.29, 1.82) is 0 Å². The van der Waals surface area contributed by atoms with Crippen LogP contribution in [-0.4, -0.2) is 27.4 Å². The van der Waals surface area contributed by atoms with Crippen LogP contribution >= 0.6 is 0 Å². The molecule has 1 N–H and O–H groups in total. The van der Waals surface area contributed by atoms with Crippen LogP contribution in [0.4, 0.5) is 0 Å². The zero-order valence-corrected chi connectivity index (χ0v) is 10.5. The number of ether oxygens (including phenoxy) is 2. The molecule has 0 fully saturated rings. The zero-order valence-electron chi connectivity index (χ0n) is 10.5. The molecule has 16 heavy (non-hydrogen) atoms. The van der Waals surface area contributed by atoms with Crippen molar-refractivity contribution >= 4 is 0 Å². The first kappa shape index (κ1) is 13.0. The van der Waals surface area contributed by atoms with Crippen molar-refractivity contribution < 1.29 is 9.47 Å². The van der Waals surface area contributed by atoms with Crippen LogP contribution in [0.2, 0.25) is 0 Å². The lowest BCUT2D eigenvalue weighted by molar-refractivity contribution is 0.124. The van der Waals surface area contributed by atoms with Gasteiger partial charge in [-0.2, -0.15) is 0 Å². The van der Waals surface area contributed by atoms with Crippen LogP contribution in [0.15, 0.2) is 18.2 Å². The highest BCUT2D eigenvalue weighted by molar-refractivity contribution is 5.39. The smallest absolute Gasteiger partial charge is 0.123 e. The topological polar surface area (TPSA) is 30.5 Å². The molecule has 1 aromatic rings. The Labute approximate surface area is 97.8 Å². The summed E-state index contributed by atoms with van der Waals surface area (Å²) in [6.45, 7) is 5.47. The first-order valence-electron chi connectivity index (χ1n) is 5.62. The fourth-order valence-corrected chi connectivity index (χ4v) is 1.69. The van der Waals surface area contributed by atoms with E-state index >= 15 is 0 Å². The molecule has 0 aliphatic carbocycles. The molecule has 0 aliphatic heterocycles. The molecule has 3 heteroatoms. The van der Waals surface area contributed by atoms with Crippen molar-refractivity contribution in [3.05, 3.63) is 29.3 Å². The second-order valence-corrected chi connectivity index (χ2v) is 3.75. The highest BCUT2D eigenvalue weighted by Crippen LogP contribution is 2.26. The monoisotopic (exact) mass is 223 g/mol. The van der Waals surface area contributed by atoms with Crippen LogP contribution in [0.3, 0.4) is 0 Å². The van der Waals surface area contributed by atoms with Gasteiger partial charge in [-0.05, 0) is 27.0 Å². The van der Waals surface area contributed by atoms with E-state index in [0.717, 1.165) is 17.9 Å². The predicted octanol–water partition coefficient (Wildman–Crippen LogP) is 2.30. The number of hydrogen-bond donors (Lipinski definition) is 1. The number of benzene rings is 1. The molecule has 0 spiro atoms. The average Bonchev–Trinajstić information content (AvgIpc) is 2.30. The number of likely N-dealkylation sites (N-methyl/N-ethyl adjacent to an activating group) is 1. The van der Waals surface area contributed by atoms with Crippen molar-refractivity contribution in [1.82, 2.24) is 5.32 Å². The summed E-state index contributed by atoms with van der Waals surface area (Å²) in [5.74, 6) is 0.907. The highest BCUT2D eigenvalue weighted by Gasteiger charge is 2.14. The summed E-state index contributed by atoms with van der Waals surface area (Å²) < 4.78 is 10.8. The van der Waals surface area contributed by atoms with Gasteiger partial charge >= 0.3 is 0 Å². The van der Waals surface area contributed by atoms with E-state index in [-0.39, 0.29) is 6.04 Å². The lowest BCUT2D eigenvalue weighted by Gasteiger charge is -2.19. The Morgan fingerprint density at radius 3 is 2.69 bits per heavy atom. The van der Waals surface area contributed by atoms with Gasteiger partial charge in [-0.3, -0.25) is 0 Å². The summed E-state index contributed by atoms with van der Waals surface area (Å²) >= 11 is 0. The third-order valence-corrected chi connectivity index (χ3v) is 2.60. The molecular formula is C13H21NO2. The summed E-state index contributed by atoms with van der Waals surface area (Å²) in [6, 6.07) is 6.37. The maximum atomic E-state index is 5.46. The minimum absolute atomic E-state index is 0.176. The Morgan fingerprint density at radius 1 is 1.38 bits per heavy atom. The minimum atomic E-state index is 0.176. The molecule has 0 amide bonds. The van der Waals surface area contributed by atoms with Gasteiger partial charge in [0, 0.05) is 12.2 Å². The Kier molecular flexibility index (Phi) is 5.29. The Balaban J connectivity index is 2.92. The standard InChI is InChI=1S/C13H21NO2/c1-5-16-9-12(14-3)11-8-10(2)6-7-13(11)15-4/h6-8,12,14H,5,9H2,1-4H3. The molecule has 0 saturated heterocycles. The number of methoxy groups -OCH3 is 1. The second-order valence-electron chi connectivity index (χ2n) is 3.75. The van der Waals surface area contributed by atoms with Crippen LogP contribution in [0.5, 0.6) is 5.75 Å². The molecule has 1 atom stereocenters. The molecule has 1 unspecified atom stereocenters. The number of rotatable bonds is 6. The summed E-state index contributed by atoms with van der Waals surface area (Å²) in [6.07, 6.45) is 0. The van der Waals surface area contributed by atoms with Gasteiger partial charge in [0.25, 0.3) is 0 Å². The van der Waals surface area contributed by atoms with E-state index in [1.165, 1.54) is 5.56 Å². The predicted molar refractivity (Wildman–Crippen MR) is 66.0 cm³/mol. The number of nitrogens with one attached hydrogen (secondary N) is 1. The van der Waals surface area contributed by atoms with Gasteiger partial charge in [0.2, 0.25) is 0 Å². The van der Waals surface area contributed by atoms with Gasteiger partial charge in [0.05, 0.1) is 19.8 Å². The molecule has 0 aliphatic rings. The molecule has 0 bridgehead atoms. The van der Waals surface area contributed by atoms with E-state index in [1.54, 1.807) is 7.11 Å². The van der Waals surface area contributed by atoms with Gasteiger partial charge in [-0.15, -0.1) is 0 Å². The van der Waals surface area contributed by atoms with Crippen LogP contribution in [0.1, 0.15) is 24.1 Å². The van der Waals surface area contributed by atoms with Gasteiger partial charge in [0.15, 0.2) is 0 Å². The van der Waals surface area contributed by atoms with Crippen molar-refractivity contribution in [2.75, 3.05) is 27.4 Å². The van der Waals surface area contributed by atoms with Crippen molar-refractivity contribution in [2.24, 2.45) is 0 Å². The maximum absolute atomic E-state index is 5.46.